The molecular formula is C30H43Cl3O2Si. The van der Waals surface area contributed by atoms with Crippen molar-refractivity contribution in [2.45, 2.75) is 93.5 Å². The van der Waals surface area contributed by atoms with Gasteiger partial charge >= 0.3 is 0 Å². The van der Waals surface area contributed by atoms with E-state index in [-0.39, 0.29) is 10.4 Å². The van der Waals surface area contributed by atoms with Gasteiger partial charge in [-0.05, 0) is 35.2 Å². The van der Waals surface area contributed by atoms with Crippen LogP contribution < -0.4 is 10.4 Å². The van der Waals surface area contributed by atoms with Gasteiger partial charge in [-0.25, -0.2) is 0 Å². The molecule has 0 radical (unpaired) electrons. The number of benzene rings is 2. The number of unbranched alkanes of at least 4 members (excludes halogenated alkanes) is 4. The van der Waals surface area contributed by atoms with E-state index in [2.05, 4.69) is 81.4 Å². The normalized spacial score (nSPS) is 16.1. The fourth-order valence-corrected chi connectivity index (χ4v) is 10.3. The summed E-state index contributed by atoms with van der Waals surface area (Å²) in [7, 11) is -2.45. The minimum absolute atomic E-state index is 0.00391. The van der Waals surface area contributed by atoms with Gasteiger partial charge in [-0.2, -0.15) is 0 Å². The van der Waals surface area contributed by atoms with Crippen LogP contribution in [0.25, 0.3) is 0 Å². The molecule has 0 spiro atoms. The first-order valence-corrected chi connectivity index (χ1v) is 16.3. The predicted molar refractivity (Wildman–Crippen MR) is 161 cm³/mol. The van der Waals surface area contributed by atoms with Gasteiger partial charge in [0, 0.05) is 6.61 Å². The molecule has 6 heteroatoms. The maximum atomic E-state index is 10.0. The molecule has 2 rings (SSSR count). The second-order valence-corrected chi connectivity index (χ2v) is 16.4. The summed E-state index contributed by atoms with van der Waals surface area (Å²) in [5.74, 6) is 0. The number of allylic oxidation sites excluding steroid dienone is 1. The van der Waals surface area contributed by atoms with E-state index in [1.54, 1.807) is 12.2 Å². The third-order valence-electron chi connectivity index (χ3n) is 6.73. The van der Waals surface area contributed by atoms with E-state index in [0.717, 1.165) is 45.1 Å². The molecule has 36 heavy (non-hydrogen) atoms. The van der Waals surface area contributed by atoms with Crippen LogP contribution in [0.5, 0.6) is 0 Å². The number of halogens is 3. The zero-order valence-electron chi connectivity index (χ0n) is 22.2. The van der Waals surface area contributed by atoms with Crippen LogP contribution in [0.4, 0.5) is 0 Å². The van der Waals surface area contributed by atoms with Gasteiger partial charge in [0.05, 0.1) is 22.2 Å². The molecule has 0 aliphatic rings. The van der Waals surface area contributed by atoms with Gasteiger partial charge in [-0.3, -0.25) is 0 Å². The molecule has 0 saturated carbocycles. The van der Waals surface area contributed by atoms with Crippen LogP contribution in [0.1, 0.15) is 66.2 Å². The van der Waals surface area contributed by atoms with Crippen molar-refractivity contribution in [3.8, 4) is 0 Å². The first-order valence-electron chi connectivity index (χ1n) is 13.1. The molecule has 2 aromatic carbocycles. The number of hydrogen-bond donors (Lipinski definition) is 1. The number of aliphatic hydroxyl groups excluding tert-OH is 1. The molecule has 0 aliphatic heterocycles. The minimum Gasteiger partial charge on any atom is -0.407 e. The Hall–Kier alpha value is -0.813. The van der Waals surface area contributed by atoms with Crippen molar-refractivity contribution >= 4 is 53.5 Å². The summed E-state index contributed by atoms with van der Waals surface area (Å²) < 4.78 is 6.97. The number of alkyl halides is 3. The summed E-state index contributed by atoms with van der Waals surface area (Å²) in [5, 5.41) is 11.3. The quantitative estimate of drug-likeness (QED) is 0.103. The Bertz CT molecular complexity index is 847. The Labute approximate surface area is 235 Å². The lowest BCUT2D eigenvalue weighted by Gasteiger charge is -2.43. The molecule has 0 bridgehead atoms. The molecule has 0 amide bonds. The largest absolute Gasteiger partial charge is 0.407 e. The number of rotatable bonds is 15. The van der Waals surface area contributed by atoms with Crippen molar-refractivity contribution in [1.82, 2.24) is 0 Å². The summed E-state index contributed by atoms with van der Waals surface area (Å²) in [6, 6.07) is 21.6. The summed E-state index contributed by atoms with van der Waals surface area (Å²) in [6.07, 6.45) is 8.80. The highest BCUT2D eigenvalue weighted by atomic mass is 35.5. The van der Waals surface area contributed by atoms with Gasteiger partial charge in [0.1, 0.15) is 0 Å². The zero-order chi connectivity index (χ0) is 26.6. The molecule has 0 saturated heterocycles. The predicted octanol–water partition coefficient (Wildman–Crippen LogP) is 7.66. The Balaban J connectivity index is 1.86. The lowest BCUT2D eigenvalue weighted by Crippen LogP contribution is -2.66. The molecule has 2 aromatic rings. The van der Waals surface area contributed by atoms with Gasteiger partial charge < -0.3 is 9.53 Å². The average Bonchev–Trinajstić information content (AvgIpc) is 2.87. The Morgan fingerprint density at radius 1 is 0.806 bits per heavy atom. The van der Waals surface area contributed by atoms with E-state index in [1.807, 2.05) is 6.92 Å². The van der Waals surface area contributed by atoms with Gasteiger partial charge in [-0.15, -0.1) is 34.8 Å². The molecule has 0 fully saturated rings. The summed E-state index contributed by atoms with van der Waals surface area (Å²) in [6.45, 7) is 9.54. The lowest BCUT2D eigenvalue weighted by molar-refractivity contribution is 0.213. The number of hydrogen-bond acceptors (Lipinski definition) is 2. The molecule has 0 aliphatic carbocycles. The van der Waals surface area contributed by atoms with Crippen LogP contribution in [0, 0.1) is 0 Å². The van der Waals surface area contributed by atoms with E-state index < -0.39 is 25.2 Å². The van der Waals surface area contributed by atoms with E-state index >= 15 is 0 Å². The molecule has 2 nitrogen and oxygen atoms in total. The van der Waals surface area contributed by atoms with Gasteiger partial charge in [0.25, 0.3) is 8.32 Å². The van der Waals surface area contributed by atoms with Gasteiger partial charge in [-0.1, -0.05) is 119 Å². The molecule has 4 atom stereocenters. The topological polar surface area (TPSA) is 29.5 Å². The highest BCUT2D eigenvalue weighted by molar-refractivity contribution is 6.99. The highest BCUT2D eigenvalue weighted by Crippen LogP contribution is 2.37. The minimum atomic E-state index is -2.45. The SMILES string of the molecule is C/C=C/[C@@H](O)[C@H](Cl)[C@@H](Cl)[C@H](Cl)CCCCCCCO[Si](c1ccccc1)(c1ccccc1)C(C)(C)C. The van der Waals surface area contributed by atoms with Crippen molar-refractivity contribution < 1.29 is 9.53 Å². The third kappa shape index (κ3) is 8.61. The van der Waals surface area contributed by atoms with Crippen LogP contribution in [0.3, 0.4) is 0 Å². The molecular weight excluding hydrogens is 527 g/mol. The summed E-state index contributed by atoms with van der Waals surface area (Å²) in [5.41, 5.74) is 0. The van der Waals surface area contributed by atoms with E-state index in [1.165, 1.54) is 10.4 Å². The monoisotopic (exact) mass is 568 g/mol. The van der Waals surface area contributed by atoms with Gasteiger partial charge in [0.15, 0.2) is 0 Å². The Morgan fingerprint density at radius 3 is 1.81 bits per heavy atom. The first kappa shape index (κ1) is 31.4. The average molecular weight is 570 g/mol. The molecule has 1 N–H and O–H groups in total. The molecule has 0 heterocycles. The van der Waals surface area contributed by atoms with E-state index in [0.29, 0.717) is 0 Å². The van der Waals surface area contributed by atoms with E-state index in [9.17, 15) is 5.11 Å². The van der Waals surface area contributed by atoms with Crippen LogP contribution in [-0.4, -0.2) is 42.3 Å². The van der Waals surface area contributed by atoms with Crippen molar-refractivity contribution in [3.05, 3.63) is 72.8 Å². The first-order chi connectivity index (χ1) is 17.1. The maximum absolute atomic E-state index is 10.0. The third-order valence-corrected chi connectivity index (χ3v) is 13.6. The van der Waals surface area contributed by atoms with Crippen molar-refractivity contribution in [3.63, 3.8) is 0 Å². The molecule has 200 valence electrons. The van der Waals surface area contributed by atoms with Crippen molar-refractivity contribution in [2.24, 2.45) is 0 Å². The van der Waals surface area contributed by atoms with Crippen LogP contribution in [0.15, 0.2) is 72.8 Å². The second-order valence-electron chi connectivity index (χ2n) is 10.5. The lowest BCUT2D eigenvalue weighted by atomic mass is 10.0. The van der Waals surface area contributed by atoms with Crippen molar-refractivity contribution in [1.29, 1.82) is 0 Å². The number of aliphatic hydroxyl groups is 1. The molecule has 0 unspecified atom stereocenters. The Morgan fingerprint density at radius 2 is 1.31 bits per heavy atom. The maximum Gasteiger partial charge on any atom is 0.261 e. The molecule has 0 aromatic heterocycles. The highest BCUT2D eigenvalue weighted by Gasteiger charge is 2.49. The summed E-state index contributed by atoms with van der Waals surface area (Å²) in [4.78, 5) is 0. The second kappa shape index (κ2) is 15.6. The van der Waals surface area contributed by atoms with Crippen LogP contribution in [0.2, 0.25) is 5.04 Å². The smallest absolute Gasteiger partial charge is 0.261 e. The zero-order valence-corrected chi connectivity index (χ0v) is 25.4. The van der Waals surface area contributed by atoms with Crippen LogP contribution in [-0.2, 0) is 4.43 Å². The van der Waals surface area contributed by atoms with Crippen LogP contribution >= 0.6 is 34.8 Å². The van der Waals surface area contributed by atoms with E-state index in [4.69, 9.17) is 39.2 Å². The van der Waals surface area contributed by atoms with Crippen molar-refractivity contribution in [2.75, 3.05) is 6.61 Å². The van der Waals surface area contributed by atoms with Gasteiger partial charge in [0.2, 0.25) is 0 Å². The summed E-state index contributed by atoms with van der Waals surface area (Å²) >= 11 is 19.2. The Kier molecular flexibility index (Phi) is 13.6. The fraction of sp³-hybridized carbons (Fsp3) is 0.533. The standard InChI is InChI=1S/C30H43Cl3O2Si/c1-5-17-27(34)29(33)28(32)26(31)22-15-7-6-8-16-23-35-36(30(2,3)4,24-18-11-9-12-19-24)25-20-13-10-14-21-25/h5,9-14,17-21,26-29,34H,6-8,15-16,22-23H2,1-4H3/b17-5+/t26-,27-,28+,29+/m1/s1. The fourth-order valence-electron chi connectivity index (χ4n) is 4.81.